The van der Waals surface area contributed by atoms with E-state index in [4.69, 9.17) is 11.6 Å². The van der Waals surface area contributed by atoms with Gasteiger partial charge in [-0.15, -0.1) is 5.10 Å². The summed E-state index contributed by atoms with van der Waals surface area (Å²) in [7, 11) is 0. The highest BCUT2D eigenvalue weighted by Crippen LogP contribution is 2.35. The summed E-state index contributed by atoms with van der Waals surface area (Å²) < 4.78 is 1.30. The highest BCUT2D eigenvalue weighted by Gasteiger charge is 2.24. The number of phenols is 1. The van der Waals surface area contributed by atoms with Crippen LogP contribution in [0.1, 0.15) is 11.1 Å². The number of thioether (sulfide) groups is 1. The van der Waals surface area contributed by atoms with E-state index in [0.29, 0.717) is 25.1 Å². The molecule has 0 bridgehead atoms. The zero-order valence-corrected chi connectivity index (χ0v) is 17.7. The van der Waals surface area contributed by atoms with E-state index < -0.39 is 0 Å². The molecule has 1 amide bonds. The number of amides is 1. The first-order valence-corrected chi connectivity index (χ1v) is 9.96. The Balaban J connectivity index is 1.80. The van der Waals surface area contributed by atoms with Crippen molar-refractivity contribution in [2.24, 2.45) is 10.2 Å². The SMILES string of the molecule is O=C1NC(=NN=Cc2ccccc2Cl)S/C1=C/c1cc(Br)cc(Br)c1O. The molecular formula is C17H10Br2ClN3O2S. The second-order valence-electron chi connectivity index (χ2n) is 5.06. The summed E-state index contributed by atoms with van der Waals surface area (Å²) in [5, 5.41) is 21.6. The van der Waals surface area contributed by atoms with Crippen molar-refractivity contribution in [3.05, 3.63) is 66.4 Å². The lowest BCUT2D eigenvalue weighted by molar-refractivity contribution is -0.115. The molecule has 5 nitrogen and oxygen atoms in total. The molecule has 2 aromatic carbocycles. The topological polar surface area (TPSA) is 74.0 Å². The zero-order chi connectivity index (χ0) is 18.7. The predicted octanol–water partition coefficient (Wildman–Crippen LogP) is 5.16. The number of halogens is 3. The van der Waals surface area contributed by atoms with Gasteiger partial charge in [-0.2, -0.15) is 5.10 Å². The van der Waals surface area contributed by atoms with E-state index in [9.17, 15) is 9.90 Å². The number of nitrogens with one attached hydrogen (secondary N) is 1. The number of hydrogen-bond donors (Lipinski definition) is 2. The molecule has 0 unspecified atom stereocenters. The number of amidine groups is 1. The third-order valence-electron chi connectivity index (χ3n) is 3.25. The van der Waals surface area contributed by atoms with E-state index in [2.05, 4.69) is 47.4 Å². The monoisotopic (exact) mass is 513 g/mol. The number of carbonyl (C=O) groups excluding carboxylic acids is 1. The van der Waals surface area contributed by atoms with Crippen molar-refractivity contribution >= 4 is 78.6 Å². The van der Waals surface area contributed by atoms with Crippen LogP contribution in [0.15, 0.2) is 60.5 Å². The van der Waals surface area contributed by atoms with Crippen LogP contribution in [-0.2, 0) is 4.79 Å². The highest BCUT2D eigenvalue weighted by atomic mass is 79.9. The molecule has 3 rings (SSSR count). The van der Waals surface area contributed by atoms with Crippen LogP contribution < -0.4 is 5.32 Å². The van der Waals surface area contributed by atoms with Crippen LogP contribution in [0.4, 0.5) is 0 Å². The Morgan fingerprint density at radius 2 is 1.96 bits per heavy atom. The molecule has 1 aliphatic rings. The van der Waals surface area contributed by atoms with Crippen molar-refractivity contribution in [2.45, 2.75) is 0 Å². The van der Waals surface area contributed by atoms with Crippen molar-refractivity contribution in [1.82, 2.24) is 5.32 Å². The molecule has 1 fully saturated rings. The van der Waals surface area contributed by atoms with Gasteiger partial charge in [0, 0.05) is 20.6 Å². The van der Waals surface area contributed by atoms with E-state index in [-0.39, 0.29) is 11.7 Å². The van der Waals surface area contributed by atoms with Crippen LogP contribution in [0, 0.1) is 0 Å². The first kappa shape index (κ1) is 19.2. The summed E-state index contributed by atoms with van der Waals surface area (Å²) in [6.07, 6.45) is 3.10. The largest absolute Gasteiger partial charge is 0.506 e. The molecule has 132 valence electrons. The van der Waals surface area contributed by atoms with Gasteiger partial charge in [0.25, 0.3) is 5.91 Å². The minimum Gasteiger partial charge on any atom is -0.506 e. The predicted molar refractivity (Wildman–Crippen MR) is 114 cm³/mol. The maximum absolute atomic E-state index is 12.1. The summed E-state index contributed by atoms with van der Waals surface area (Å²) in [6.45, 7) is 0. The van der Waals surface area contributed by atoms with Crippen molar-refractivity contribution in [2.75, 3.05) is 0 Å². The Morgan fingerprint density at radius 3 is 2.73 bits per heavy atom. The van der Waals surface area contributed by atoms with Gasteiger partial charge in [0.15, 0.2) is 5.17 Å². The molecule has 0 atom stereocenters. The molecule has 1 saturated heterocycles. The molecule has 0 aromatic heterocycles. The first-order chi connectivity index (χ1) is 12.4. The van der Waals surface area contributed by atoms with Crippen LogP contribution in [0.2, 0.25) is 5.02 Å². The number of hydrogen-bond acceptors (Lipinski definition) is 5. The molecule has 1 aliphatic heterocycles. The molecule has 1 heterocycles. The number of nitrogens with zero attached hydrogens (tertiary/aromatic N) is 2. The normalized spacial score (nSPS) is 17.4. The first-order valence-electron chi connectivity index (χ1n) is 7.18. The molecule has 0 saturated carbocycles. The van der Waals surface area contributed by atoms with Gasteiger partial charge in [0.1, 0.15) is 5.75 Å². The molecule has 9 heteroatoms. The second kappa shape index (κ2) is 8.39. The van der Waals surface area contributed by atoms with Gasteiger partial charge >= 0.3 is 0 Å². The van der Waals surface area contributed by atoms with E-state index in [1.807, 2.05) is 18.2 Å². The van der Waals surface area contributed by atoms with Crippen molar-refractivity contribution in [3.8, 4) is 5.75 Å². The third-order valence-corrected chi connectivity index (χ3v) is 5.55. The van der Waals surface area contributed by atoms with Gasteiger partial charge in [-0.3, -0.25) is 10.1 Å². The summed E-state index contributed by atoms with van der Waals surface area (Å²) in [5.74, 6) is -0.256. The number of benzene rings is 2. The maximum Gasteiger partial charge on any atom is 0.264 e. The Kier molecular flexibility index (Phi) is 6.18. The molecule has 2 aromatic rings. The minimum absolute atomic E-state index is 0.0521. The second-order valence-corrected chi connectivity index (χ2v) is 8.27. The molecule has 0 aliphatic carbocycles. The maximum atomic E-state index is 12.1. The number of aromatic hydroxyl groups is 1. The van der Waals surface area contributed by atoms with Crippen molar-refractivity contribution < 1.29 is 9.90 Å². The van der Waals surface area contributed by atoms with Crippen LogP contribution in [0.5, 0.6) is 5.75 Å². The van der Waals surface area contributed by atoms with Gasteiger partial charge in [0.2, 0.25) is 0 Å². The van der Waals surface area contributed by atoms with Crippen molar-refractivity contribution in [1.29, 1.82) is 0 Å². The Bertz CT molecular complexity index is 976. The smallest absolute Gasteiger partial charge is 0.264 e. The molecular weight excluding hydrogens is 506 g/mol. The fourth-order valence-electron chi connectivity index (χ4n) is 2.04. The number of carbonyl (C=O) groups is 1. The lowest BCUT2D eigenvalue weighted by Crippen LogP contribution is -2.19. The van der Waals surface area contributed by atoms with Crippen molar-refractivity contribution in [3.63, 3.8) is 0 Å². The minimum atomic E-state index is -0.308. The van der Waals surface area contributed by atoms with Gasteiger partial charge in [-0.25, -0.2) is 0 Å². The summed E-state index contributed by atoms with van der Waals surface area (Å²) >= 11 is 13.8. The Hall–Kier alpha value is -1.61. The molecule has 0 spiro atoms. The number of rotatable bonds is 3. The average molecular weight is 516 g/mol. The van der Waals surface area contributed by atoms with E-state index in [1.54, 1.807) is 24.3 Å². The van der Waals surface area contributed by atoms with Gasteiger partial charge in [0.05, 0.1) is 15.6 Å². The lowest BCUT2D eigenvalue weighted by Gasteiger charge is -2.03. The van der Waals surface area contributed by atoms with Gasteiger partial charge < -0.3 is 5.11 Å². The standard InChI is InChI=1S/C17H10Br2ClN3O2S/c18-11-5-10(15(24)12(19)7-11)6-14-16(25)22-17(26-14)23-21-8-9-3-1-2-4-13(9)20/h1-8,24H,(H,22,23,25)/b14-6+,21-8?. The average Bonchev–Trinajstić information content (AvgIpc) is 2.93. The molecule has 0 radical (unpaired) electrons. The van der Waals surface area contributed by atoms with Gasteiger partial charge in [-0.05, 0) is 52.0 Å². The third kappa shape index (κ3) is 4.56. The molecule has 2 N–H and O–H groups in total. The summed E-state index contributed by atoms with van der Waals surface area (Å²) in [4.78, 5) is 12.5. The van der Waals surface area contributed by atoms with E-state index in [0.717, 1.165) is 21.8 Å². The number of phenolic OH excluding ortho intramolecular Hbond substituents is 1. The Morgan fingerprint density at radius 1 is 1.19 bits per heavy atom. The van der Waals surface area contributed by atoms with Gasteiger partial charge in [-0.1, -0.05) is 45.7 Å². The van der Waals surface area contributed by atoms with E-state index in [1.165, 1.54) is 6.21 Å². The van der Waals surface area contributed by atoms with Crippen LogP contribution >= 0.6 is 55.2 Å². The fraction of sp³-hybridized carbons (Fsp3) is 0. The van der Waals surface area contributed by atoms with Crippen LogP contribution in [-0.4, -0.2) is 22.4 Å². The molecule has 26 heavy (non-hydrogen) atoms. The highest BCUT2D eigenvalue weighted by molar-refractivity contribution is 9.11. The summed E-state index contributed by atoms with van der Waals surface area (Å²) in [5.41, 5.74) is 1.23. The zero-order valence-electron chi connectivity index (χ0n) is 12.9. The van der Waals surface area contributed by atoms with E-state index >= 15 is 0 Å². The lowest BCUT2D eigenvalue weighted by atomic mass is 10.2. The Labute approximate surface area is 175 Å². The van der Waals surface area contributed by atoms with Crippen LogP contribution in [0.25, 0.3) is 6.08 Å². The fourth-order valence-corrected chi connectivity index (χ4v) is 4.25. The van der Waals surface area contributed by atoms with Crippen LogP contribution in [0.3, 0.4) is 0 Å². The summed E-state index contributed by atoms with van der Waals surface area (Å²) in [6, 6.07) is 10.7. The quantitative estimate of drug-likeness (QED) is 0.337.